The molecule has 21 heavy (non-hydrogen) atoms. The van der Waals surface area contributed by atoms with Gasteiger partial charge in [0.2, 0.25) is 0 Å². The molecule has 4 heteroatoms. The van der Waals surface area contributed by atoms with Crippen LogP contribution >= 0.6 is 0 Å². The van der Waals surface area contributed by atoms with Crippen molar-refractivity contribution in [2.75, 3.05) is 18.5 Å². The molecule has 4 nitrogen and oxygen atoms in total. The summed E-state index contributed by atoms with van der Waals surface area (Å²) in [6.07, 6.45) is 0. The van der Waals surface area contributed by atoms with E-state index in [2.05, 4.69) is 34.7 Å². The maximum absolute atomic E-state index is 5.68. The van der Waals surface area contributed by atoms with Gasteiger partial charge in [-0.3, -0.25) is 0 Å². The number of hydrogen-bond donors (Lipinski definition) is 2. The first-order valence-electron chi connectivity index (χ1n) is 7.14. The number of benzene rings is 2. The van der Waals surface area contributed by atoms with Gasteiger partial charge in [0.25, 0.3) is 0 Å². The Hall–Kier alpha value is -2.49. The van der Waals surface area contributed by atoms with Crippen molar-refractivity contribution < 1.29 is 4.74 Å². The third kappa shape index (κ3) is 3.54. The number of para-hydroxylation sites is 1. The Morgan fingerprint density at radius 2 is 1.95 bits per heavy atom. The molecule has 0 spiro atoms. The molecule has 0 amide bonds. The zero-order valence-corrected chi connectivity index (χ0v) is 12.1. The molecule has 0 saturated carbocycles. The summed E-state index contributed by atoms with van der Waals surface area (Å²) in [6, 6.07) is 16.3. The summed E-state index contributed by atoms with van der Waals surface area (Å²) >= 11 is 0. The highest BCUT2D eigenvalue weighted by Crippen LogP contribution is 2.18. The van der Waals surface area contributed by atoms with E-state index in [9.17, 15) is 0 Å². The number of fused-ring (bicyclic) bond motifs is 1. The number of nitrogens with zero attached hydrogens (tertiary/aromatic N) is 1. The van der Waals surface area contributed by atoms with Crippen molar-refractivity contribution in [2.24, 2.45) is 4.99 Å². The zero-order valence-electron chi connectivity index (χ0n) is 12.1. The number of guanidine groups is 1. The number of aliphatic imine (C=N–C) groups is 1. The molecule has 1 aliphatic heterocycles. The van der Waals surface area contributed by atoms with Crippen LogP contribution in [0.25, 0.3) is 0 Å². The van der Waals surface area contributed by atoms with Crippen LogP contribution in [0.2, 0.25) is 0 Å². The van der Waals surface area contributed by atoms with Crippen molar-refractivity contribution in [3.8, 4) is 5.75 Å². The topological polar surface area (TPSA) is 45.6 Å². The summed E-state index contributed by atoms with van der Waals surface area (Å²) in [4.78, 5) is 4.47. The molecule has 0 fully saturated rings. The Morgan fingerprint density at radius 1 is 1.14 bits per heavy atom. The van der Waals surface area contributed by atoms with Crippen LogP contribution in [0.3, 0.4) is 0 Å². The van der Waals surface area contributed by atoms with Crippen LogP contribution < -0.4 is 15.4 Å². The van der Waals surface area contributed by atoms with Crippen molar-refractivity contribution in [3.63, 3.8) is 0 Å². The van der Waals surface area contributed by atoms with Gasteiger partial charge in [-0.05, 0) is 30.7 Å². The van der Waals surface area contributed by atoms with Gasteiger partial charge in [0, 0.05) is 5.69 Å². The number of ether oxygens (including phenoxy) is 1. The van der Waals surface area contributed by atoms with E-state index in [0.29, 0.717) is 19.7 Å². The highest BCUT2D eigenvalue weighted by atomic mass is 16.5. The molecule has 0 unspecified atom stereocenters. The van der Waals surface area contributed by atoms with Crippen molar-refractivity contribution in [2.45, 2.75) is 13.5 Å². The van der Waals surface area contributed by atoms with Gasteiger partial charge >= 0.3 is 0 Å². The first-order valence-corrected chi connectivity index (χ1v) is 7.14. The van der Waals surface area contributed by atoms with Crippen molar-refractivity contribution >= 4 is 11.6 Å². The minimum atomic E-state index is 0.603. The quantitative estimate of drug-likeness (QED) is 0.847. The number of hydrogen-bond acceptors (Lipinski definition) is 4. The molecule has 2 aromatic rings. The minimum Gasteiger partial charge on any atom is -0.492 e. The minimum absolute atomic E-state index is 0.603. The Bertz CT molecular complexity index is 635. The van der Waals surface area contributed by atoms with E-state index in [1.807, 2.05) is 36.4 Å². The van der Waals surface area contributed by atoms with Gasteiger partial charge in [0.05, 0.1) is 13.1 Å². The second-order valence-electron chi connectivity index (χ2n) is 5.04. The average Bonchev–Trinajstić information content (AvgIpc) is 2.53. The van der Waals surface area contributed by atoms with Crippen LogP contribution in [0.5, 0.6) is 5.75 Å². The number of rotatable bonds is 4. The number of anilines is 1. The van der Waals surface area contributed by atoms with Crippen LogP contribution in [0.4, 0.5) is 5.69 Å². The Kier molecular flexibility index (Phi) is 4.05. The molecule has 0 atom stereocenters. The van der Waals surface area contributed by atoms with E-state index in [1.165, 1.54) is 11.1 Å². The lowest BCUT2D eigenvalue weighted by Crippen LogP contribution is -2.35. The van der Waals surface area contributed by atoms with Crippen LogP contribution in [-0.2, 0) is 6.54 Å². The molecule has 0 aliphatic carbocycles. The fourth-order valence-corrected chi connectivity index (χ4v) is 2.18. The number of nitrogens with one attached hydrogen (secondary N) is 2. The summed E-state index contributed by atoms with van der Waals surface area (Å²) in [5.74, 6) is 1.70. The van der Waals surface area contributed by atoms with Crippen LogP contribution in [0, 0.1) is 6.92 Å². The maximum atomic E-state index is 5.68. The predicted octanol–water partition coefficient (Wildman–Crippen LogP) is 2.95. The van der Waals surface area contributed by atoms with Crippen molar-refractivity contribution in [1.29, 1.82) is 0 Å². The summed E-state index contributed by atoms with van der Waals surface area (Å²) in [5, 5.41) is 6.54. The van der Waals surface area contributed by atoms with Crippen LogP contribution in [0.1, 0.15) is 11.1 Å². The SMILES string of the molecule is Cc1ccc(OCCNC2=NCc3ccccc3N2)cc1. The van der Waals surface area contributed by atoms with Gasteiger partial charge in [-0.1, -0.05) is 35.9 Å². The fraction of sp³-hybridized carbons (Fsp3) is 0.235. The summed E-state index contributed by atoms with van der Waals surface area (Å²) < 4.78 is 5.68. The van der Waals surface area contributed by atoms with E-state index in [4.69, 9.17) is 4.74 Å². The molecule has 108 valence electrons. The first-order chi connectivity index (χ1) is 10.3. The zero-order chi connectivity index (χ0) is 14.5. The lowest BCUT2D eigenvalue weighted by molar-refractivity contribution is 0.322. The average molecular weight is 281 g/mol. The van der Waals surface area contributed by atoms with Crippen molar-refractivity contribution in [1.82, 2.24) is 5.32 Å². The third-order valence-electron chi connectivity index (χ3n) is 3.36. The van der Waals surface area contributed by atoms with Gasteiger partial charge in [0.15, 0.2) is 5.96 Å². The normalized spacial score (nSPS) is 12.9. The van der Waals surface area contributed by atoms with E-state index < -0.39 is 0 Å². The third-order valence-corrected chi connectivity index (χ3v) is 3.36. The molecule has 3 rings (SSSR count). The monoisotopic (exact) mass is 281 g/mol. The maximum Gasteiger partial charge on any atom is 0.196 e. The molecule has 1 heterocycles. The van der Waals surface area contributed by atoms with E-state index in [-0.39, 0.29) is 0 Å². The first kappa shape index (κ1) is 13.5. The molecule has 0 bridgehead atoms. The molecule has 1 aliphatic rings. The van der Waals surface area contributed by atoms with Gasteiger partial charge < -0.3 is 15.4 Å². The summed E-state index contributed by atoms with van der Waals surface area (Å²) in [7, 11) is 0. The number of aryl methyl sites for hydroxylation is 1. The Morgan fingerprint density at radius 3 is 2.81 bits per heavy atom. The molecular weight excluding hydrogens is 262 g/mol. The van der Waals surface area contributed by atoms with Gasteiger partial charge in [-0.15, -0.1) is 0 Å². The van der Waals surface area contributed by atoms with E-state index in [0.717, 1.165) is 17.4 Å². The molecule has 0 saturated heterocycles. The van der Waals surface area contributed by atoms with Gasteiger partial charge in [0.1, 0.15) is 12.4 Å². The van der Waals surface area contributed by atoms with Crippen LogP contribution in [0.15, 0.2) is 53.5 Å². The Balaban J connectivity index is 1.44. The van der Waals surface area contributed by atoms with Crippen LogP contribution in [-0.4, -0.2) is 19.1 Å². The molecule has 0 aromatic heterocycles. The van der Waals surface area contributed by atoms with Crippen molar-refractivity contribution in [3.05, 3.63) is 59.7 Å². The molecule has 0 radical (unpaired) electrons. The highest BCUT2D eigenvalue weighted by molar-refractivity contribution is 5.95. The van der Waals surface area contributed by atoms with E-state index >= 15 is 0 Å². The summed E-state index contributed by atoms with van der Waals surface area (Å²) in [5.41, 5.74) is 3.58. The lowest BCUT2D eigenvalue weighted by Gasteiger charge is -2.19. The molecule has 2 aromatic carbocycles. The molecular formula is C17H19N3O. The predicted molar refractivity (Wildman–Crippen MR) is 85.9 cm³/mol. The van der Waals surface area contributed by atoms with Gasteiger partial charge in [-0.2, -0.15) is 0 Å². The highest BCUT2D eigenvalue weighted by Gasteiger charge is 2.09. The second-order valence-corrected chi connectivity index (χ2v) is 5.04. The smallest absolute Gasteiger partial charge is 0.196 e. The lowest BCUT2D eigenvalue weighted by atomic mass is 10.1. The van der Waals surface area contributed by atoms with E-state index in [1.54, 1.807) is 0 Å². The largest absolute Gasteiger partial charge is 0.492 e. The molecule has 2 N–H and O–H groups in total. The summed E-state index contributed by atoms with van der Waals surface area (Å²) in [6.45, 7) is 4.09. The van der Waals surface area contributed by atoms with Gasteiger partial charge in [-0.25, -0.2) is 4.99 Å². The Labute approximate surface area is 124 Å². The second kappa shape index (κ2) is 6.31. The fourth-order valence-electron chi connectivity index (χ4n) is 2.18. The standard InChI is InChI=1S/C17H19N3O/c1-13-6-8-15(9-7-13)21-11-10-18-17-19-12-14-4-2-3-5-16(14)20-17/h2-9H,10-12H2,1H3,(H2,18,19,20).